The second-order valence-corrected chi connectivity index (χ2v) is 11.1. The van der Waals surface area contributed by atoms with E-state index in [0.29, 0.717) is 41.8 Å². The molecule has 0 saturated carbocycles. The fourth-order valence-electron chi connectivity index (χ4n) is 5.42. The lowest BCUT2D eigenvalue weighted by molar-refractivity contribution is 0.0945. The summed E-state index contributed by atoms with van der Waals surface area (Å²) >= 11 is 0. The zero-order valence-electron chi connectivity index (χ0n) is 24.2. The number of fused-ring (bicyclic) bond motifs is 1. The van der Waals surface area contributed by atoms with E-state index in [1.54, 1.807) is 0 Å². The van der Waals surface area contributed by atoms with E-state index in [0.717, 1.165) is 48.2 Å². The summed E-state index contributed by atoms with van der Waals surface area (Å²) in [5.74, 6) is 1.34. The van der Waals surface area contributed by atoms with Crippen molar-refractivity contribution in [1.29, 1.82) is 0 Å². The van der Waals surface area contributed by atoms with Gasteiger partial charge in [-0.15, -0.1) is 0 Å². The van der Waals surface area contributed by atoms with Gasteiger partial charge in [0.05, 0.1) is 11.1 Å². The van der Waals surface area contributed by atoms with E-state index in [9.17, 15) is 4.79 Å². The minimum absolute atomic E-state index is 0.229. The van der Waals surface area contributed by atoms with Crippen molar-refractivity contribution >= 4 is 5.91 Å². The van der Waals surface area contributed by atoms with Crippen molar-refractivity contribution < 1.29 is 14.1 Å². The van der Waals surface area contributed by atoms with Crippen LogP contribution in [-0.2, 0) is 19.6 Å². The Labute approximate surface area is 237 Å². The van der Waals surface area contributed by atoms with E-state index in [1.165, 1.54) is 16.7 Å². The maximum atomic E-state index is 13.3. The van der Waals surface area contributed by atoms with Gasteiger partial charge in [0, 0.05) is 19.6 Å². The van der Waals surface area contributed by atoms with Crippen LogP contribution in [0.25, 0.3) is 22.5 Å². The third-order valence-electron chi connectivity index (χ3n) is 7.61. The summed E-state index contributed by atoms with van der Waals surface area (Å²) in [4.78, 5) is 15.7. The Kier molecular flexibility index (Phi) is 8.36. The van der Waals surface area contributed by atoms with Gasteiger partial charge in [0.25, 0.3) is 5.91 Å². The predicted octanol–water partition coefficient (Wildman–Crippen LogP) is 7.15. The number of hydrogen-bond donors (Lipinski definition) is 1. The Morgan fingerprint density at radius 1 is 1.10 bits per heavy atom. The highest BCUT2D eigenvalue weighted by Gasteiger charge is 2.28. The van der Waals surface area contributed by atoms with Gasteiger partial charge < -0.3 is 19.5 Å². The SMILES string of the molecule is CCCNC(=O)c1noc(-c2cc(C(C)C)c(C)cc2OCc2ccccc2)c1-c1ccc2c(c1)CCN(C)C2. The molecule has 0 bridgehead atoms. The Balaban J connectivity index is 1.66. The fraction of sp³-hybridized carbons (Fsp3) is 0.353. The minimum atomic E-state index is -0.229. The number of rotatable bonds is 9. The van der Waals surface area contributed by atoms with Gasteiger partial charge >= 0.3 is 0 Å². The van der Waals surface area contributed by atoms with Gasteiger partial charge in [0.2, 0.25) is 0 Å². The Morgan fingerprint density at radius 2 is 1.90 bits per heavy atom. The van der Waals surface area contributed by atoms with Gasteiger partial charge in [-0.1, -0.05) is 74.5 Å². The zero-order chi connectivity index (χ0) is 28.2. The lowest BCUT2D eigenvalue weighted by Gasteiger charge is -2.25. The van der Waals surface area contributed by atoms with E-state index >= 15 is 0 Å². The molecule has 1 aliphatic heterocycles. The zero-order valence-corrected chi connectivity index (χ0v) is 24.2. The number of likely N-dealkylation sites (N-methyl/N-ethyl adjacent to an activating group) is 1. The molecule has 0 saturated heterocycles. The van der Waals surface area contributed by atoms with E-state index in [-0.39, 0.29) is 5.91 Å². The third kappa shape index (κ3) is 5.82. The number of hydrogen-bond acceptors (Lipinski definition) is 5. The summed E-state index contributed by atoms with van der Waals surface area (Å²) in [7, 11) is 2.14. The number of nitrogens with one attached hydrogen (secondary N) is 1. The van der Waals surface area contributed by atoms with Gasteiger partial charge in [0.15, 0.2) is 11.5 Å². The van der Waals surface area contributed by atoms with Crippen LogP contribution in [0.3, 0.4) is 0 Å². The highest BCUT2D eigenvalue weighted by molar-refractivity contribution is 6.02. The highest BCUT2D eigenvalue weighted by Crippen LogP contribution is 2.43. The number of carbonyl (C=O) groups is 1. The predicted molar refractivity (Wildman–Crippen MR) is 160 cm³/mol. The molecule has 0 aliphatic carbocycles. The number of aromatic nitrogens is 1. The molecule has 2 heterocycles. The van der Waals surface area contributed by atoms with Crippen LogP contribution in [0.15, 0.2) is 65.2 Å². The molecule has 1 N–H and O–H groups in total. The van der Waals surface area contributed by atoms with Crippen molar-refractivity contribution in [3.8, 4) is 28.2 Å². The quantitative estimate of drug-likeness (QED) is 0.246. The van der Waals surface area contributed by atoms with Crippen LogP contribution < -0.4 is 10.1 Å². The van der Waals surface area contributed by atoms with Gasteiger partial charge in [-0.2, -0.15) is 0 Å². The lowest BCUT2D eigenvalue weighted by Crippen LogP contribution is -2.26. The van der Waals surface area contributed by atoms with Crippen molar-refractivity contribution in [2.24, 2.45) is 0 Å². The number of benzene rings is 3. The summed E-state index contributed by atoms with van der Waals surface area (Å²) in [5, 5.41) is 7.34. The smallest absolute Gasteiger partial charge is 0.274 e. The standard InChI is InChI=1S/C34H39N3O3/c1-6-15-35-34(38)32-31(26-12-13-27-20-37(5)16-14-25(27)18-26)33(40-36-32)29-19-28(22(2)3)23(4)17-30(29)39-21-24-10-8-7-9-11-24/h7-13,17-19,22H,6,14-16,20-21H2,1-5H3,(H,35,38). The lowest BCUT2D eigenvalue weighted by atomic mass is 9.90. The highest BCUT2D eigenvalue weighted by atomic mass is 16.5. The van der Waals surface area contributed by atoms with Gasteiger partial charge in [-0.05, 0) is 78.2 Å². The van der Waals surface area contributed by atoms with Gasteiger partial charge in [-0.25, -0.2) is 0 Å². The maximum absolute atomic E-state index is 13.3. The van der Waals surface area contributed by atoms with Crippen molar-refractivity contribution in [3.05, 3.63) is 94.2 Å². The first-order valence-corrected chi connectivity index (χ1v) is 14.3. The summed E-state index contributed by atoms with van der Waals surface area (Å²) in [5.41, 5.74) is 8.80. The Morgan fingerprint density at radius 3 is 2.65 bits per heavy atom. The number of aryl methyl sites for hydroxylation is 1. The molecule has 6 heteroatoms. The molecule has 208 valence electrons. The molecule has 1 aromatic heterocycles. The van der Waals surface area contributed by atoms with Crippen LogP contribution in [0.1, 0.15) is 71.4 Å². The van der Waals surface area contributed by atoms with Crippen LogP contribution >= 0.6 is 0 Å². The Bertz CT molecular complexity index is 1490. The Hall–Kier alpha value is -3.90. The first-order chi connectivity index (χ1) is 19.4. The van der Waals surface area contributed by atoms with Gasteiger partial charge in [0.1, 0.15) is 12.4 Å². The summed E-state index contributed by atoms with van der Waals surface area (Å²) in [6.45, 7) is 11.4. The molecule has 4 aromatic rings. The molecule has 3 aromatic carbocycles. The van der Waals surface area contributed by atoms with E-state index < -0.39 is 0 Å². The molecule has 0 radical (unpaired) electrons. The molecule has 0 spiro atoms. The molecule has 5 rings (SSSR count). The molecular weight excluding hydrogens is 498 g/mol. The van der Waals surface area contributed by atoms with E-state index in [2.05, 4.69) is 85.7 Å². The number of ether oxygens (including phenoxy) is 1. The molecule has 0 unspecified atom stereocenters. The van der Waals surface area contributed by atoms with Crippen molar-refractivity contribution in [1.82, 2.24) is 15.4 Å². The molecule has 6 nitrogen and oxygen atoms in total. The first kappa shape index (κ1) is 27.7. The van der Waals surface area contributed by atoms with Crippen LogP contribution in [0, 0.1) is 6.92 Å². The van der Waals surface area contributed by atoms with Crippen molar-refractivity contribution in [2.45, 2.75) is 59.6 Å². The minimum Gasteiger partial charge on any atom is -0.488 e. The average molecular weight is 538 g/mol. The second-order valence-electron chi connectivity index (χ2n) is 11.1. The van der Waals surface area contributed by atoms with Crippen LogP contribution in [0.5, 0.6) is 5.75 Å². The average Bonchev–Trinajstić information content (AvgIpc) is 3.40. The third-order valence-corrected chi connectivity index (χ3v) is 7.61. The maximum Gasteiger partial charge on any atom is 0.274 e. The number of amides is 1. The van der Waals surface area contributed by atoms with Crippen molar-refractivity contribution in [3.63, 3.8) is 0 Å². The van der Waals surface area contributed by atoms with E-state index in [4.69, 9.17) is 9.26 Å². The summed E-state index contributed by atoms with van der Waals surface area (Å²) in [6.07, 6.45) is 1.80. The second kappa shape index (κ2) is 12.1. The topological polar surface area (TPSA) is 67.6 Å². The van der Waals surface area contributed by atoms with Crippen molar-refractivity contribution in [2.75, 3.05) is 20.1 Å². The molecule has 0 fully saturated rings. The normalized spacial score (nSPS) is 13.3. The number of carbonyl (C=O) groups excluding carboxylic acids is 1. The first-order valence-electron chi connectivity index (χ1n) is 14.3. The molecular formula is C34H39N3O3. The molecule has 1 aliphatic rings. The van der Waals surface area contributed by atoms with E-state index in [1.807, 2.05) is 25.1 Å². The van der Waals surface area contributed by atoms with Crippen LogP contribution in [0.4, 0.5) is 0 Å². The molecule has 40 heavy (non-hydrogen) atoms. The van der Waals surface area contributed by atoms with Crippen LogP contribution in [-0.4, -0.2) is 36.1 Å². The van der Waals surface area contributed by atoms with Gasteiger partial charge in [-0.3, -0.25) is 4.79 Å². The fourth-order valence-corrected chi connectivity index (χ4v) is 5.42. The molecule has 1 amide bonds. The largest absolute Gasteiger partial charge is 0.488 e. The number of nitrogens with zero attached hydrogens (tertiary/aromatic N) is 2. The summed E-state index contributed by atoms with van der Waals surface area (Å²) in [6, 6.07) is 20.8. The summed E-state index contributed by atoms with van der Waals surface area (Å²) < 4.78 is 12.5. The molecule has 0 atom stereocenters. The van der Waals surface area contributed by atoms with Crippen LogP contribution in [0.2, 0.25) is 0 Å². The monoisotopic (exact) mass is 537 g/mol.